The van der Waals surface area contributed by atoms with E-state index < -0.39 is 0 Å². The van der Waals surface area contributed by atoms with Crippen molar-refractivity contribution in [1.29, 1.82) is 0 Å². The van der Waals surface area contributed by atoms with Crippen LogP contribution in [0, 0.1) is 5.92 Å². The summed E-state index contributed by atoms with van der Waals surface area (Å²) in [5.41, 5.74) is 0.752. The number of amides is 1. The summed E-state index contributed by atoms with van der Waals surface area (Å²) in [6, 6.07) is 3.61. The van der Waals surface area contributed by atoms with Gasteiger partial charge in [0.2, 0.25) is 0 Å². The summed E-state index contributed by atoms with van der Waals surface area (Å²) >= 11 is 0. The Morgan fingerprint density at radius 2 is 1.91 bits per heavy atom. The number of carbonyl (C=O) groups is 1. The molecule has 3 rings (SSSR count). The summed E-state index contributed by atoms with van der Waals surface area (Å²) in [5.74, 6) is 0.850. The number of hydrogen-bond acceptors (Lipinski definition) is 4. The topological polar surface area (TPSA) is 45.7 Å². The van der Waals surface area contributed by atoms with Crippen LogP contribution in [0.4, 0.5) is 0 Å². The first-order chi connectivity index (χ1) is 10.8. The maximum Gasteiger partial charge on any atom is 0.253 e. The van der Waals surface area contributed by atoms with E-state index in [1.54, 1.807) is 24.5 Å². The first kappa shape index (κ1) is 15.4. The lowest BCUT2D eigenvalue weighted by molar-refractivity contribution is 0.0296. The van der Waals surface area contributed by atoms with Crippen molar-refractivity contribution in [2.75, 3.05) is 45.9 Å². The van der Waals surface area contributed by atoms with Gasteiger partial charge in [-0.2, -0.15) is 0 Å². The number of ether oxygens (including phenoxy) is 1. The molecular weight excluding hydrogens is 278 g/mol. The van der Waals surface area contributed by atoms with E-state index in [1.165, 1.54) is 6.42 Å². The van der Waals surface area contributed by atoms with E-state index in [-0.39, 0.29) is 5.91 Å². The lowest BCUT2D eigenvalue weighted by Gasteiger charge is -2.30. The predicted octanol–water partition coefficient (Wildman–Crippen LogP) is 1.66. The summed E-state index contributed by atoms with van der Waals surface area (Å²) < 4.78 is 5.41. The van der Waals surface area contributed by atoms with Crippen LogP contribution in [0.3, 0.4) is 0 Å². The van der Waals surface area contributed by atoms with Gasteiger partial charge in [-0.1, -0.05) is 0 Å². The van der Waals surface area contributed by atoms with Crippen molar-refractivity contribution in [3.8, 4) is 0 Å². The van der Waals surface area contributed by atoms with Crippen molar-refractivity contribution < 1.29 is 9.53 Å². The van der Waals surface area contributed by atoms with Crippen molar-refractivity contribution in [1.82, 2.24) is 14.8 Å². The first-order valence-electron chi connectivity index (χ1n) is 8.32. The van der Waals surface area contributed by atoms with E-state index in [0.717, 1.165) is 64.3 Å². The monoisotopic (exact) mass is 303 g/mol. The number of morpholine rings is 1. The average molecular weight is 303 g/mol. The van der Waals surface area contributed by atoms with Crippen LogP contribution in [0.25, 0.3) is 0 Å². The second-order valence-corrected chi connectivity index (χ2v) is 6.24. The number of aromatic nitrogens is 1. The summed E-state index contributed by atoms with van der Waals surface area (Å²) in [6.07, 6.45) is 6.80. The molecule has 1 unspecified atom stereocenters. The first-order valence-corrected chi connectivity index (χ1v) is 8.32. The molecule has 0 bridgehead atoms. The summed E-state index contributed by atoms with van der Waals surface area (Å²) in [7, 11) is 0. The Hall–Kier alpha value is -1.46. The van der Waals surface area contributed by atoms with Crippen LogP contribution in [0.5, 0.6) is 0 Å². The molecule has 1 aromatic rings. The van der Waals surface area contributed by atoms with Crippen molar-refractivity contribution in [3.05, 3.63) is 30.1 Å². The van der Waals surface area contributed by atoms with Gasteiger partial charge in [0, 0.05) is 50.7 Å². The third-order valence-corrected chi connectivity index (χ3v) is 4.68. The molecule has 0 aliphatic carbocycles. The van der Waals surface area contributed by atoms with Crippen LogP contribution in [-0.2, 0) is 4.74 Å². The zero-order valence-corrected chi connectivity index (χ0v) is 13.1. The predicted molar refractivity (Wildman–Crippen MR) is 84.7 cm³/mol. The van der Waals surface area contributed by atoms with E-state index in [0.29, 0.717) is 5.92 Å². The van der Waals surface area contributed by atoms with Crippen molar-refractivity contribution in [2.45, 2.75) is 19.3 Å². The van der Waals surface area contributed by atoms with Crippen molar-refractivity contribution in [3.63, 3.8) is 0 Å². The molecule has 5 nitrogen and oxygen atoms in total. The maximum atomic E-state index is 12.5. The van der Waals surface area contributed by atoms with Crippen LogP contribution in [0.15, 0.2) is 24.5 Å². The number of carbonyl (C=O) groups excluding carboxylic acids is 1. The molecular formula is C17H25N3O2. The molecule has 3 heterocycles. The molecule has 0 saturated carbocycles. The van der Waals surface area contributed by atoms with Gasteiger partial charge >= 0.3 is 0 Å². The largest absolute Gasteiger partial charge is 0.379 e. The fraction of sp³-hybridized carbons (Fsp3) is 0.647. The zero-order valence-electron chi connectivity index (χ0n) is 13.1. The minimum Gasteiger partial charge on any atom is -0.379 e. The van der Waals surface area contributed by atoms with E-state index in [4.69, 9.17) is 4.74 Å². The Kier molecular flexibility index (Phi) is 5.40. The molecule has 2 aliphatic heterocycles. The molecule has 1 amide bonds. The van der Waals surface area contributed by atoms with Crippen molar-refractivity contribution in [2.24, 2.45) is 5.92 Å². The van der Waals surface area contributed by atoms with Gasteiger partial charge in [-0.15, -0.1) is 0 Å². The molecule has 2 fully saturated rings. The highest BCUT2D eigenvalue weighted by Crippen LogP contribution is 2.20. The smallest absolute Gasteiger partial charge is 0.253 e. The summed E-state index contributed by atoms with van der Waals surface area (Å²) in [5, 5.41) is 0. The molecule has 120 valence electrons. The molecule has 0 N–H and O–H groups in total. The molecule has 1 aromatic heterocycles. The number of pyridine rings is 1. The summed E-state index contributed by atoms with van der Waals surface area (Å²) in [6.45, 7) is 6.72. The van der Waals surface area contributed by atoms with Gasteiger partial charge in [0.25, 0.3) is 5.91 Å². The van der Waals surface area contributed by atoms with Crippen LogP contribution in [0.1, 0.15) is 29.6 Å². The van der Waals surface area contributed by atoms with Gasteiger partial charge in [0.1, 0.15) is 0 Å². The molecule has 0 aromatic carbocycles. The van der Waals surface area contributed by atoms with Gasteiger partial charge in [-0.05, 0) is 37.3 Å². The molecule has 22 heavy (non-hydrogen) atoms. The second kappa shape index (κ2) is 7.70. The van der Waals surface area contributed by atoms with Gasteiger partial charge in [0.05, 0.1) is 13.2 Å². The minimum absolute atomic E-state index is 0.148. The number of hydrogen-bond donors (Lipinski definition) is 0. The normalized spacial score (nSPS) is 24.0. The van der Waals surface area contributed by atoms with Gasteiger partial charge in [-0.3, -0.25) is 14.7 Å². The number of nitrogens with zero attached hydrogens (tertiary/aromatic N) is 3. The Balaban J connectivity index is 1.52. The Morgan fingerprint density at radius 3 is 2.68 bits per heavy atom. The van der Waals surface area contributed by atoms with E-state index in [9.17, 15) is 4.79 Å². The third kappa shape index (κ3) is 4.05. The third-order valence-electron chi connectivity index (χ3n) is 4.68. The Morgan fingerprint density at radius 1 is 1.14 bits per heavy atom. The van der Waals surface area contributed by atoms with Gasteiger partial charge in [-0.25, -0.2) is 0 Å². The lowest BCUT2D eigenvalue weighted by Crippen LogP contribution is -2.39. The van der Waals surface area contributed by atoms with Crippen LogP contribution < -0.4 is 0 Å². The standard InChI is InChI=1S/C17H25N3O2/c21-17(16-3-6-18-7-4-16)20-8-1-2-15(5-9-20)14-19-10-12-22-13-11-19/h3-4,6-7,15H,1-2,5,8-14H2. The highest BCUT2D eigenvalue weighted by Gasteiger charge is 2.23. The molecule has 0 radical (unpaired) electrons. The van der Waals surface area contributed by atoms with E-state index in [2.05, 4.69) is 9.88 Å². The fourth-order valence-electron chi connectivity index (χ4n) is 3.38. The Labute approximate surface area is 132 Å². The van der Waals surface area contributed by atoms with Gasteiger partial charge < -0.3 is 9.64 Å². The fourth-order valence-corrected chi connectivity index (χ4v) is 3.38. The lowest BCUT2D eigenvalue weighted by atomic mass is 10.00. The SMILES string of the molecule is O=C(c1ccncc1)N1CCCC(CN2CCOCC2)CC1. The molecule has 2 saturated heterocycles. The van der Waals surface area contributed by atoms with E-state index in [1.807, 2.05) is 4.90 Å². The van der Waals surface area contributed by atoms with E-state index >= 15 is 0 Å². The highest BCUT2D eigenvalue weighted by molar-refractivity contribution is 5.94. The molecule has 2 aliphatic rings. The summed E-state index contributed by atoms with van der Waals surface area (Å²) in [4.78, 5) is 21.0. The number of rotatable bonds is 3. The molecule has 0 spiro atoms. The Bertz CT molecular complexity index is 474. The minimum atomic E-state index is 0.148. The quantitative estimate of drug-likeness (QED) is 0.852. The van der Waals surface area contributed by atoms with Crippen LogP contribution >= 0.6 is 0 Å². The second-order valence-electron chi connectivity index (χ2n) is 6.24. The zero-order chi connectivity index (χ0) is 15.2. The molecule has 5 heteroatoms. The number of likely N-dealkylation sites (tertiary alicyclic amines) is 1. The molecule has 1 atom stereocenters. The average Bonchev–Trinajstić information content (AvgIpc) is 2.82. The van der Waals surface area contributed by atoms with Crippen molar-refractivity contribution >= 4 is 5.91 Å². The van der Waals surface area contributed by atoms with Gasteiger partial charge in [0.15, 0.2) is 0 Å². The maximum absolute atomic E-state index is 12.5. The van der Waals surface area contributed by atoms with Crippen LogP contribution in [0.2, 0.25) is 0 Å². The van der Waals surface area contributed by atoms with Crippen LogP contribution in [-0.4, -0.2) is 66.6 Å². The highest BCUT2D eigenvalue weighted by atomic mass is 16.5.